The number of halogens is 1. The molecule has 0 saturated carbocycles. The van der Waals surface area contributed by atoms with Crippen LogP contribution in [0.5, 0.6) is 0 Å². The number of hydrogen-bond donors (Lipinski definition) is 0. The van der Waals surface area contributed by atoms with Gasteiger partial charge in [0.2, 0.25) is 5.91 Å². The highest BCUT2D eigenvalue weighted by Gasteiger charge is 2.39. The van der Waals surface area contributed by atoms with Crippen molar-refractivity contribution in [1.82, 2.24) is 19.7 Å². The first-order valence-electron chi connectivity index (χ1n) is 12.4. The van der Waals surface area contributed by atoms with Crippen LogP contribution in [0.25, 0.3) is 0 Å². The molecule has 0 radical (unpaired) electrons. The number of furan rings is 1. The third-order valence-corrected chi connectivity index (χ3v) is 7.57. The van der Waals surface area contributed by atoms with Crippen LogP contribution in [0.15, 0.2) is 52.2 Å². The van der Waals surface area contributed by atoms with Crippen molar-refractivity contribution < 1.29 is 14.0 Å². The van der Waals surface area contributed by atoms with Gasteiger partial charge in [0.15, 0.2) is 0 Å². The van der Waals surface area contributed by atoms with Crippen molar-refractivity contribution in [3.8, 4) is 0 Å². The molecule has 35 heavy (non-hydrogen) atoms. The second kappa shape index (κ2) is 10.5. The molecule has 3 aliphatic rings. The van der Waals surface area contributed by atoms with Gasteiger partial charge in [-0.1, -0.05) is 23.7 Å². The standard InChI is InChI=1S/C26H32ClN5O3/c1-19(30-14-12-29(13-15-30)18-25(33)31-10-2-3-11-31)26(34)32-23(24-5-4-16-35-24)17-22(28-32)20-6-8-21(27)9-7-20/h4-9,16,19,23H,2-3,10-15,17-18H2,1H3. The van der Waals surface area contributed by atoms with E-state index in [1.165, 1.54) is 0 Å². The average Bonchev–Trinajstić information content (AvgIpc) is 3.65. The fourth-order valence-electron chi connectivity index (χ4n) is 5.15. The van der Waals surface area contributed by atoms with E-state index in [-0.39, 0.29) is 23.9 Å². The lowest BCUT2D eigenvalue weighted by Gasteiger charge is -2.38. The minimum atomic E-state index is -0.322. The summed E-state index contributed by atoms with van der Waals surface area (Å²) in [6.07, 6.45) is 4.43. The molecule has 186 valence electrons. The van der Waals surface area contributed by atoms with Crippen LogP contribution in [0.4, 0.5) is 0 Å². The first-order valence-corrected chi connectivity index (χ1v) is 12.8. The van der Waals surface area contributed by atoms with E-state index in [1.807, 2.05) is 48.2 Å². The summed E-state index contributed by atoms with van der Waals surface area (Å²) in [4.78, 5) is 32.5. The van der Waals surface area contributed by atoms with Gasteiger partial charge in [0.1, 0.15) is 11.8 Å². The minimum Gasteiger partial charge on any atom is -0.467 e. The molecule has 4 heterocycles. The molecule has 2 amide bonds. The Morgan fingerprint density at radius 2 is 1.77 bits per heavy atom. The van der Waals surface area contributed by atoms with Crippen LogP contribution < -0.4 is 0 Å². The van der Waals surface area contributed by atoms with Crippen molar-refractivity contribution in [3.63, 3.8) is 0 Å². The van der Waals surface area contributed by atoms with Crippen LogP contribution in [-0.2, 0) is 9.59 Å². The van der Waals surface area contributed by atoms with E-state index in [2.05, 4.69) is 9.80 Å². The van der Waals surface area contributed by atoms with Crippen molar-refractivity contribution >= 4 is 29.1 Å². The topological polar surface area (TPSA) is 72.6 Å². The Hall–Kier alpha value is -2.68. The van der Waals surface area contributed by atoms with Crippen molar-refractivity contribution in [2.24, 2.45) is 5.10 Å². The van der Waals surface area contributed by atoms with Crippen LogP contribution in [0.3, 0.4) is 0 Å². The molecule has 0 spiro atoms. The second-order valence-electron chi connectivity index (χ2n) is 9.55. The Balaban J connectivity index is 1.24. The molecular formula is C26H32ClN5O3. The smallest absolute Gasteiger partial charge is 0.260 e. The lowest BCUT2D eigenvalue weighted by atomic mass is 10.0. The summed E-state index contributed by atoms with van der Waals surface area (Å²) in [5.41, 5.74) is 1.79. The second-order valence-corrected chi connectivity index (χ2v) is 9.98. The molecule has 2 aromatic rings. The van der Waals surface area contributed by atoms with Gasteiger partial charge in [-0.15, -0.1) is 0 Å². The van der Waals surface area contributed by atoms with Gasteiger partial charge in [0, 0.05) is 50.7 Å². The zero-order valence-corrected chi connectivity index (χ0v) is 20.9. The average molecular weight is 498 g/mol. The minimum absolute atomic E-state index is 0.0445. The van der Waals surface area contributed by atoms with E-state index >= 15 is 0 Å². The summed E-state index contributed by atoms with van der Waals surface area (Å²) in [6, 6.07) is 10.7. The van der Waals surface area contributed by atoms with Crippen LogP contribution in [-0.4, -0.2) is 89.1 Å². The highest BCUT2D eigenvalue weighted by Crippen LogP contribution is 2.34. The van der Waals surface area contributed by atoms with Crippen molar-refractivity contribution in [2.75, 3.05) is 45.8 Å². The van der Waals surface area contributed by atoms with E-state index in [4.69, 9.17) is 21.1 Å². The molecule has 0 bridgehead atoms. The number of rotatable bonds is 6. The molecule has 3 aliphatic heterocycles. The first-order chi connectivity index (χ1) is 17.0. The van der Waals surface area contributed by atoms with E-state index < -0.39 is 0 Å². The van der Waals surface area contributed by atoms with Gasteiger partial charge in [-0.3, -0.25) is 19.4 Å². The SMILES string of the molecule is CC(C(=O)N1N=C(c2ccc(Cl)cc2)CC1c1ccco1)N1CCN(CC(=O)N2CCCC2)CC1. The Kier molecular flexibility index (Phi) is 7.22. The van der Waals surface area contributed by atoms with Gasteiger partial charge in [-0.2, -0.15) is 5.10 Å². The fourth-order valence-corrected chi connectivity index (χ4v) is 5.27. The summed E-state index contributed by atoms with van der Waals surface area (Å²) < 4.78 is 5.68. The third kappa shape index (κ3) is 5.29. The highest BCUT2D eigenvalue weighted by molar-refractivity contribution is 6.30. The largest absolute Gasteiger partial charge is 0.467 e. The van der Waals surface area contributed by atoms with E-state index in [0.29, 0.717) is 18.0 Å². The lowest BCUT2D eigenvalue weighted by Crippen LogP contribution is -2.55. The number of nitrogens with zero attached hydrogens (tertiary/aromatic N) is 5. The maximum atomic E-state index is 13.7. The predicted octanol–water partition coefficient (Wildman–Crippen LogP) is 3.24. The number of piperazine rings is 1. The van der Waals surface area contributed by atoms with Crippen LogP contribution in [0.2, 0.25) is 5.02 Å². The quantitative estimate of drug-likeness (QED) is 0.612. The number of likely N-dealkylation sites (tertiary alicyclic amines) is 1. The summed E-state index contributed by atoms with van der Waals surface area (Å²) >= 11 is 6.06. The van der Waals surface area contributed by atoms with E-state index in [1.54, 1.807) is 11.3 Å². The van der Waals surface area contributed by atoms with E-state index in [9.17, 15) is 9.59 Å². The molecule has 1 aromatic carbocycles. The monoisotopic (exact) mass is 497 g/mol. The van der Waals surface area contributed by atoms with Crippen molar-refractivity contribution in [2.45, 2.75) is 38.3 Å². The van der Waals surface area contributed by atoms with Crippen molar-refractivity contribution in [1.29, 1.82) is 0 Å². The normalized spacial score (nSPS) is 22.5. The zero-order chi connectivity index (χ0) is 24.4. The Morgan fingerprint density at radius 1 is 1.06 bits per heavy atom. The first kappa shape index (κ1) is 24.0. The van der Waals surface area contributed by atoms with E-state index in [0.717, 1.165) is 69.1 Å². The number of carbonyl (C=O) groups is 2. The molecule has 1 aromatic heterocycles. The molecule has 0 N–H and O–H groups in total. The maximum absolute atomic E-state index is 13.7. The molecule has 5 rings (SSSR count). The Bertz CT molecular complexity index is 1060. The van der Waals surface area contributed by atoms with Gasteiger partial charge in [0.25, 0.3) is 5.91 Å². The molecule has 2 fully saturated rings. The molecule has 8 nitrogen and oxygen atoms in total. The van der Waals surface area contributed by atoms with Crippen LogP contribution in [0, 0.1) is 0 Å². The summed E-state index contributed by atoms with van der Waals surface area (Å²) in [6.45, 7) is 7.22. The van der Waals surface area contributed by atoms with Crippen molar-refractivity contribution in [3.05, 3.63) is 59.0 Å². The zero-order valence-electron chi connectivity index (χ0n) is 20.1. The van der Waals surface area contributed by atoms with Gasteiger partial charge in [-0.25, -0.2) is 5.01 Å². The number of amides is 2. The molecule has 2 saturated heterocycles. The number of hydrogen-bond acceptors (Lipinski definition) is 6. The van der Waals surface area contributed by atoms with Crippen LogP contribution in [0.1, 0.15) is 43.6 Å². The maximum Gasteiger partial charge on any atom is 0.260 e. The fraction of sp³-hybridized carbons (Fsp3) is 0.500. The van der Waals surface area contributed by atoms with Gasteiger partial charge in [-0.05, 0) is 49.6 Å². The van der Waals surface area contributed by atoms with Crippen LogP contribution >= 0.6 is 11.6 Å². The molecule has 0 aliphatic carbocycles. The molecule has 2 unspecified atom stereocenters. The number of hydrazone groups is 1. The summed E-state index contributed by atoms with van der Waals surface area (Å²) in [5.74, 6) is 0.906. The predicted molar refractivity (Wildman–Crippen MR) is 134 cm³/mol. The summed E-state index contributed by atoms with van der Waals surface area (Å²) in [7, 11) is 0. The molecule has 9 heteroatoms. The Labute approximate surface area is 211 Å². The highest BCUT2D eigenvalue weighted by atomic mass is 35.5. The lowest BCUT2D eigenvalue weighted by molar-refractivity contribution is -0.140. The number of carbonyl (C=O) groups excluding carboxylic acids is 2. The third-order valence-electron chi connectivity index (χ3n) is 7.31. The molecule has 2 atom stereocenters. The van der Waals surface area contributed by atoms with Gasteiger partial charge >= 0.3 is 0 Å². The van der Waals surface area contributed by atoms with Gasteiger partial charge in [0.05, 0.1) is 24.6 Å². The summed E-state index contributed by atoms with van der Waals surface area (Å²) in [5, 5.41) is 7.01. The Morgan fingerprint density at radius 3 is 2.43 bits per heavy atom. The molecular weight excluding hydrogens is 466 g/mol. The van der Waals surface area contributed by atoms with Gasteiger partial charge < -0.3 is 9.32 Å². The number of benzene rings is 1.